The van der Waals surface area contributed by atoms with Crippen molar-refractivity contribution in [1.29, 1.82) is 0 Å². The van der Waals surface area contributed by atoms with Crippen molar-refractivity contribution in [3.8, 4) is 11.6 Å². The largest absolute Gasteiger partial charge is 0.439 e. The third kappa shape index (κ3) is 3.43. The van der Waals surface area contributed by atoms with Crippen LogP contribution in [0.3, 0.4) is 0 Å². The summed E-state index contributed by atoms with van der Waals surface area (Å²) in [6.07, 6.45) is 1.16. The molecule has 0 amide bonds. The molecule has 108 valence electrons. The first-order valence-electron chi connectivity index (χ1n) is 6.28. The third-order valence-electron chi connectivity index (χ3n) is 2.92. The Kier molecular flexibility index (Phi) is 4.30. The molecule has 0 spiro atoms. The highest BCUT2D eigenvalue weighted by Gasteiger charge is 2.08. The van der Waals surface area contributed by atoms with Gasteiger partial charge in [-0.25, -0.2) is 4.98 Å². The molecule has 21 heavy (non-hydrogen) atoms. The molecule has 1 aromatic carbocycles. The Morgan fingerprint density at radius 2 is 2.19 bits per heavy atom. The Morgan fingerprint density at radius 3 is 2.71 bits per heavy atom. The fraction of sp³-hybridized carbons (Fsp3) is 0.133. The standard InChI is InChI=1S/C15H15N3O3/c1-10(2)14-7-13(5-3-11(14)8-16)21-15-6-4-12(9-17-15)18(19)20/h3-7,9H,1,8,16H2,2H3. The molecule has 1 heterocycles. The molecule has 0 fully saturated rings. The number of ether oxygens (including phenoxy) is 1. The Morgan fingerprint density at radius 1 is 1.43 bits per heavy atom. The Balaban J connectivity index is 2.25. The highest BCUT2D eigenvalue weighted by atomic mass is 16.6. The van der Waals surface area contributed by atoms with Crippen LogP contribution < -0.4 is 10.5 Å². The van der Waals surface area contributed by atoms with Gasteiger partial charge in [0.1, 0.15) is 11.9 Å². The minimum atomic E-state index is -0.508. The van der Waals surface area contributed by atoms with Crippen LogP contribution in [-0.4, -0.2) is 9.91 Å². The number of hydrogen-bond donors (Lipinski definition) is 1. The molecule has 6 nitrogen and oxygen atoms in total. The Bertz CT molecular complexity index is 681. The minimum Gasteiger partial charge on any atom is -0.439 e. The quantitative estimate of drug-likeness (QED) is 0.672. The van der Waals surface area contributed by atoms with Crippen molar-refractivity contribution in [3.63, 3.8) is 0 Å². The van der Waals surface area contributed by atoms with Crippen LogP contribution in [0.25, 0.3) is 5.57 Å². The van der Waals surface area contributed by atoms with E-state index in [1.807, 2.05) is 19.1 Å². The summed E-state index contributed by atoms with van der Waals surface area (Å²) in [4.78, 5) is 14.0. The number of allylic oxidation sites excluding steroid dienone is 1. The monoisotopic (exact) mass is 285 g/mol. The van der Waals surface area contributed by atoms with Gasteiger partial charge in [-0.15, -0.1) is 0 Å². The van der Waals surface area contributed by atoms with E-state index in [1.54, 1.807) is 6.07 Å². The van der Waals surface area contributed by atoms with Crippen molar-refractivity contribution < 1.29 is 9.66 Å². The van der Waals surface area contributed by atoms with E-state index >= 15 is 0 Å². The molecule has 0 saturated heterocycles. The average molecular weight is 285 g/mol. The maximum atomic E-state index is 10.6. The number of benzene rings is 1. The van der Waals surface area contributed by atoms with Gasteiger partial charge in [0.05, 0.1) is 4.92 Å². The highest BCUT2D eigenvalue weighted by molar-refractivity contribution is 5.66. The minimum absolute atomic E-state index is 0.0801. The molecule has 2 aromatic rings. The summed E-state index contributed by atoms with van der Waals surface area (Å²) in [6.45, 7) is 6.22. The molecular formula is C15H15N3O3. The zero-order valence-electron chi connectivity index (χ0n) is 11.6. The van der Waals surface area contributed by atoms with E-state index in [2.05, 4.69) is 11.6 Å². The van der Waals surface area contributed by atoms with E-state index in [0.29, 0.717) is 12.3 Å². The summed E-state index contributed by atoms with van der Waals surface area (Å²) in [5.41, 5.74) is 8.39. The molecule has 2 rings (SSSR count). The van der Waals surface area contributed by atoms with Gasteiger partial charge in [-0.2, -0.15) is 0 Å². The van der Waals surface area contributed by atoms with Gasteiger partial charge >= 0.3 is 0 Å². The van der Waals surface area contributed by atoms with Gasteiger partial charge in [0.25, 0.3) is 5.69 Å². The van der Waals surface area contributed by atoms with E-state index in [0.717, 1.165) is 22.9 Å². The van der Waals surface area contributed by atoms with Crippen LogP contribution in [0.1, 0.15) is 18.1 Å². The van der Waals surface area contributed by atoms with Crippen molar-refractivity contribution >= 4 is 11.3 Å². The van der Waals surface area contributed by atoms with Crippen LogP contribution in [-0.2, 0) is 6.54 Å². The zero-order chi connectivity index (χ0) is 15.4. The lowest BCUT2D eigenvalue weighted by Crippen LogP contribution is -2.00. The second-order valence-electron chi connectivity index (χ2n) is 4.52. The number of nitro groups is 1. The van der Waals surface area contributed by atoms with Gasteiger partial charge < -0.3 is 10.5 Å². The van der Waals surface area contributed by atoms with E-state index < -0.39 is 4.92 Å². The molecule has 0 unspecified atom stereocenters. The van der Waals surface area contributed by atoms with Gasteiger partial charge in [-0.3, -0.25) is 10.1 Å². The summed E-state index contributed by atoms with van der Waals surface area (Å²) in [5.74, 6) is 0.861. The maximum Gasteiger partial charge on any atom is 0.287 e. The van der Waals surface area contributed by atoms with Gasteiger partial charge in [-0.1, -0.05) is 18.2 Å². The second-order valence-corrected chi connectivity index (χ2v) is 4.52. The summed E-state index contributed by atoms with van der Waals surface area (Å²) in [6, 6.07) is 8.27. The summed E-state index contributed by atoms with van der Waals surface area (Å²) >= 11 is 0. The third-order valence-corrected chi connectivity index (χ3v) is 2.92. The average Bonchev–Trinajstić information content (AvgIpc) is 2.47. The first-order chi connectivity index (χ1) is 10.0. The van der Waals surface area contributed by atoms with E-state index in [1.165, 1.54) is 12.1 Å². The van der Waals surface area contributed by atoms with Crippen molar-refractivity contribution in [2.45, 2.75) is 13.5 Å². The Hall–Kier alpha value is -2.73. The predicted molar refractivity (Wildman–Crippen MR) is 80.0 cm³/mol. The number of hydrogen-bond acceptors (Lipinski definition) is 5. The maximum absolute atomic E-state index is 10.6. The molecule has 0 bridgehead atoms. The van der Waals surface area contributed by atoms with E-state index in [-0.39, 0.29) is 11.6 Å². The topological polar surface area (TPSA) is 91.3 Å². The molecule has 0 aliphatic rings. The molecule has 0 aliphatic heterocycles. The van der Waals surface area contributed by atoms with Crippen LogP contribution in [0.5, 0.6) is 11.6 Å². The number of aromatic nitrogens is 1. The molecule has 1 aromatic heterocycles. The van der Waals surface area contributed by atoms with Crippen LogP contribution in [0.2, 0.25) is 0 Å². The SMILES string of the molecule is C=C(C)c1cc(Oc2ccc([N+](=O)[O-])cn2)ccc1CN. The first-order valence-corrected chi connectivity index (χ1v) is 6.28. The number of nitrogens with zero attached hydrogens (tertiary/aromatic N) is 2. The van der Waals surface area contributed by atoms with Crippen LogP contribution >= 0.6 is 0 Å². The molecule has 0 atom stereocenters. The van der Waals surface area contributed by atoms with Crippen molar-refractivity contribution in [2.75, 3.05) is 0 Å². The molecule has 2 N–H and O–H groups in total. The second kappa shape index (κ2) is 6.15. The molecule has 0 saturated carbocycles. The number of rotatable bonds is 5. The number of pyridine rings is 1. The van der Waals surface area contributed by atoms with Gasteiger partial charge in [0, 0.05) is 18.7 Å². The van der Waals surface area contributed by atoms with E-state index in [9.17, 15) is 10.1 Å². The normalized spacial score (nSPS) is 10.2. The molecular weight excluding hydrogens is 270 g/mol. The fourth-order valence-corrected chi connectivity index (χ4v) is 1.86. The smallest absolute Gasteiger partial charge is 0.287 e. The zero-order valence-corrected chi connectivity index (χ0v) is 11.6. The summed E-state index contributed by atoms with van der Waals surface area (Å²) < 4.78 is 5.59. The van der Waals surface area contributed by atoms with E-state index in [4.69, 9.17) is 10.5 Å². The first kappa shape index (κ1) is 14.7. The van der Waals surface area contributed by atoms with Crippen molar-refractivity contribution in [2.24, 2.45) is 5.73 Å². The van der Waals surface area contributed by atoms with Crippen molar-refractivity contribution in [3.05, 3.63) is 64.3 Å². The van der Waals surface area contributed by atoms with Gasteiger partial charge in [0.2, 0.25) is 5.88 Å². The summed E-state index contributed by atoms with van der Waals surface area (Å²) in [7, 11) is 0. The number of nitrogens with two attached hydrogens (primary N) is 1. The lowest BCUT2D eigenvalue weighted by Gasteiger charge is -2.10. The van der Waals surface area contributed by atoms with Crippen molar-refractivity contribution in [1.82, 2.24) is 4.98 Å². The Labute approximate surface area is 122 Å². The van der Waals surface area contributed by atoms with Gasteiger partial charge in [0.15, 0.2) is 0 Å². The molecule has 0 aliphatic carbocycles. The lowest BCUT2D eigenvalue weighted by atomic mass is 10.0. The molecule has 6 heteroatoms. The summed E-state index contributed by atoms with van der Waals surface area (Å²) in [5, 5.41) is 10.6. The highest BCUT2D eigenvalue weighted by Crippen LogP contribution is 2.26. The lowest BCUT2D eigenvalue weighted by molar-refractivity contribution is -0.385. The molecule has 0 radical (unpaired) electrons. The van der Waals surface area contributed by atoms with Gasteiger partial charge in [-0.05, 0) is 30.2 Å². The fourth-order valence-electron chi connectivity index (χ4n) is 1.86. The van der Waals surface area contributed by atoms with Crippen LogP contribution in [0, 0.1) is 10.1 Å². The van der Waals surface area contributed by atoms with Crippen LogP contribution in [0.4, 0.5) is 5.69 Å². The van der Waals surface area contributed by atoms with Crippen LogP contribution in [0.15, 0.2) is 43.1 Å². The predicted octanol–water partition coefficient (Wildman–Crippen LogP) is 3.27.